The topological polar surface area (TPSA) is 104 Å². The normalized spacial score (nSPS) is 13.1. The number of hydrogen-bond acceptors (Lipinski definition) is 6. The van der Waals surface area contributed by atoms with Gasteiger partial charge in [-0.15, -0.1) is 0 Å². The predicted molar refractivity (Wildman–Crippen MR) is 115 cm³/mol. The van der Waals surface area contributed by atoms with Gasteiger partial charge in [-0.1, -0.05) is 35.5 Å². The zero-order valence-corrected chi connectivity index (χ0v) is 17.7. The first kappa shape index (κ1) is 20.4. The molecule has 0 fully saturated rings. The van der Waals surface area contributed by atoms with Gasteiger partial charge in [0.15, 0.2) is 5.75 Å². The van der Waals surface area contributed by atoms with E-state index in [-0.39, 0.29) is 23.9 Å². The summed E-state index contributed by atoms with van der Waals surface area (Å²) < 4.78 is 12.0. The predicted octanol–water partition coefficient (Wildman–Crippen LogP) is 4.90. The second kappa shape index (κ2) is 7.93. The molecule has 0 radical (unpaired) electrons. The maximum atomic E-state index is 8.35. The van der Waals surface area contributed by atoms with E-state index in [1.54, 1.807) is 0 Å². The Balaban J connectivity index is 2.30. The average Bonchev–Trinajstić information content (AvgIpc) is 2.89. The Labute approximate surface area is 173 Å². The number of nitrogens with one attached hydrogen (secondary N) is 3. The number of halogens is 1. The summed E-state index contributed by atoms with van der Waals surface area (Å²) in [5, 5.41) is 19.7. The van der Waals surface area contributed by atoms with Crippen LogP contribution in [0.5, 0.6) is 11.5 Å². The number of para-hydroxylation sites is 1. The van der Waals surface area contributed by atoms with E-state index in [1.807, 2.05) is 52.0 Å². The summed E-state index contributed by atoms with van der Waals surface area (Å²) >= 11 is 8.14. The Morgan fingerprint density at radius 2 is 1.50 bits per heavy atom. The van der Waals surface area contributed by atoms with Crippen LogP contribution >= 0.6 is 23.4 Å². The number of hydrogen-bond donors (Lipinski definition) is 4. The van der Waals surface area contributed by atoms with Crippen LogP contribution in [-0.2, 0) is 0 Å². The maximum absolute atomic E-state index is 8.35. The van der Waals surface area contributed by atoms with Crippen molar-refractivity contribution in [2.24, 2.45) is 0 Å². The lowest BCUT2D eigenvalue weighted by molar-refractivity contribution is 0.229. The molecule has 8 heteroatoms. The van der Waals surface area contributed by atoms with E-state index in [0.29, 0.717) is 38.2 Å². The summed E-state index contributed by atoms with van der Waals surface area (Å²) in [6.07, 6.45) is -0.298. The Morgan fingerprint density at radius 3 is 2.07 bits per heavy atom. The molecule has 0 unspecified atom stereocenters. The molecule has 0 saturated heterocycles. The first-order valence-electron chi connectivity index (χ1n) is 8.90. The van der Waals surface area contributed by atoms with Gasteiger partial charge in [0.05, 0.1) is 28.2 Å². The molecule has 28 heavy (non-hydrogen) atoms. The van der Waals surface area contributed by atoms with Crippen LogP contribution in [-0.4, -0.2) is 23.9 Å². The quantitative estimate of drug-likeness (QED) is 0.499. The molecule has 0 spiro atoms. The lowest BCUT2D eigenvalue weighted by Crippen LogP contribution is -2.20. The van der Waals surface area contributed by atoms with Crippen LogP contribution in [0.1, 0.15) is 38.8 Å². The average molecular weight is 419 g/mol. The van der Waals surface area contributed by atoms with Gasteiger partial charge in [-0.25, -0.2) is 0 Å². The van der Waals surface area contributed by atoms with Crippen LogP contribution < -0.4 is 20.5 Å². The molecule has 0 aliphatic carbocycles. The molecule has 3 rings (SSSR count). The highest BCUT2D eigenvalue weighted by molar-refractivity contribution is 7.99. The molecule has 0 saturated carbocycles. The number of benzene rings is 2. The largest absolute Gasteiger partial charge is 0.489 e. The van der Waals surface area contributed by atoms with Gasteiger partial charge in [0.2, 0.25) is 0 Å². The third-order valence-electron chi connectivity index (χ3n) is 3.90. The number of rotatable bonds is 6. The summed E-state index contributed by atoms with van der Waals surface area (Å²) in [5.74, 6) is 0.990. The minimum atomic E-state index is -0.152. The summed E-state index contributed by atoms with van der Waals surface area (Å²) in [7, 11) is 0. The second-order valence-corrected chi connectivity index (χ2v) is 8.33. The Bertz CT molecular complexity index is 960. The first-order valence-corrected chi connectivity index (χ1v) is 10.1. The molecular formula is C20H23ClN4O2S. The Hall–Kier alpha value is -2.38. The van der Waals surface area contributed by atoms with Crippen molar-refractivity contribution >= 4 is 40.7 Å². The highest BCUT2D eigenvalue weighted by atomic mass is 35.5. The van der Waals surface area contributed by atoms with Crippen LogP contribution in [0, 0.1) is 10.8 Å². The van der Waals surface area contributed by atoms with Crippen LogP contribution in [0.15, 0.2) is 34.1 Å². The van der Waals surface area contributed by atoms with Crippen molar-refractivity contribution in [3.63, 3.8) is 0 Å². The molecule has 0 bridgehead atoms. The van der Waals surface area contributed by atoms with E-state index >= 15 is 0 Å². The smallest absolute Gasteiger partial charge is 0.151 e. The molecule has 1 aliphatic rings. The zero-order valence-electron chi connectivity index (χ0n) is 16.1. The molecular weight excluding hydrogens is 396 g/mol. The summed E-state index contributed by atoms with van der Waals surface area (Å²) in [6.45, 7) is 7.59. The lowest BCUT2D eigenvalue weighted by Gasteiger charge is -2.22. The van der Waals surface area contributed by atoms with E-state index in [9.17, 15) is 0 Å². The molecule has 1 heterocycles. The molecule has 148 valence electrons. The SMILES string of the molecule is CC(C)Oc1c(Cl)c(Sc2ccccc2N)c(OC(C)C)c2c1C(=N)NC2=N. The molecule has 0 atom stereocenters. The summed E-state index contributed by atoms with van der Waals surface area (Å²) in [4.78, 5) is 1.44. The van der Waals surface area contributed by atoms with Crippen molar-refractivity contribution in [2.75, 3.05) is 5.73 Å². The van der Waals surface area contributed by atoms with Gasteiger partial charge in [-0.05, 0) is 39.8 Å². The fourth-order valence-electron chi connectivity index (χ4n) is 2.85. The van der Waals surface area contributed by atoms with Gasteiger partial charge >= 0.3 is 0 Å². The number of nitrogens with two attached hydrogens (primary N) is 1. The fraction of sp³-hybridized carbons (Fsp3) is 0.300. The monoisotopic (exact) mass is 418 g/mol. The summed E-state index contributed by atoms with van der Waals surface area (Å²) in [5.41, 5.74) is 7.67. The van der Waals surface area contributed by atoms with Crippen LogP contribution in [0.25, 0.3) is 0 Å². The van der Waals surface area contributed by atoms with E-state index in [1.165, 1.54) is 11.8 Å². The molecule has 2 aromatic rings. The van der Waals surface area contributed by atoms with Crippen molar-refractivity contribution in [1.82, 2.24) is 5.32 Å². The number of nitrogen functional groups attached to an aromatic ring is 1. The van der Waals surface area contributed by atoms with Crippen molar-refractivity contribution in [3.8, 4) is 11.5 Å². The standard InChI is InChI=1S/C20H23ClN4O2S/c1-9(2)26-16-13-14(20(24)25-19(13)23)17(27-10(3)4)18(15(16)21)28-12-8-6-5-7-11(12)22/h5-10H,22H2,1-4H3,(H3,23,24,25). The van der Waals surface area contributed by atoms with E-state index in [4.69, 9.17) is 37.6 Å². The number of fused-ring (bicyclic) bond motifs is 1. The summed E-state index contributed by atoms with van der Waals surface area (Å²) in [6, 6.07) is 7.48. The van der Waals surface area contributed by atoms with Crippen molar-refractivity contribution in [1.29, 1.82) is 10.8 Å². The van der Waals surface area contributed by atoms with Gasteiger partial charge in [0.25, 0.3) is 0 Å². The Kier molecular flexibility index (Phi) is 5.76. The third kappa shape index (κ3) is 3.77. The van der Waals surface area contributed by atoms with Gasteiger partial charge in [-0.2, -0.15) is 0 Å². The van der Waals surface area contributed by atoms with Crippen LogP contribution in [0.4, 0.5) is 5.69 Å². The van der Waals surface area contributed by atoms with Crippen LogP contribution in [0.2, 0.25) is 5.02 Å². The minimum Gasteiger partial charge on any atom is -0.489 e. The van der Waals surface area contributed by atoms with Gasteiger partial charge in [0.1, 0.15) is 22.4 Å². The lowest BCUT2D eigenvalue weighted by atomic mass is 10.1. The van der Waals surface area contributed by atoms with Gasteiger partial charge in [-0.3, -0.25) is 10.8 Å². The number of ether oxygens (including phenoxy) is 2. The molecule has 1 aliphatic heterocycles. The number of amidine groups is 2. The maximum Gasteiger partial charge on any atom is 0.151 e. The fourth-order valence-corrected chi connectivity index (χ4v) is 4.17. The van der Waals surface area contributed by atoms with Crippen molar-refractivity contribution < 1.29 is 9.47 Å². The zero-order chi connectivity index (χ0) is 20.6. The molecule has 5 N–H and O–H groups in total. The molecule has 0 aromatic heterocycles. The highest BCUT2D eigenvalue weighted by Gasteiger charge is 2.35. The minimum absolute atomic E-state index is 0.0712. The van der Waals surface area contributed by atoms with E-state index < -0.39 is 0 Å². The van der Waals surface area contributed by atoms with E-state index in [0.717, 1.165) is 4.90 Å². The molecule has 2 aromatic carbocycles. The highest BCUT2D eigenvalue weighted by Crippen LogP contribution is 2.51. The van der Waals surface area contributed by atoms with Gasteiger partial charge < -0.3 is 20.5 Å². The van der Waals surface area contributed by atoms with Crippen molar-refractivity contribution in [3.05, 3.63) is 40.4 Å². The third-order valence-corrected chi connectivity index (χ3v) is 5.56. The Morgan fingerprint density at radius 1 is 0.964 bits per heavy atom. The van der Waals surface area contributed by atoms with Gasteiger partial charge in [0, 0.05) is 10.6 Å². The van der Waals surface area contributed by atoms with E-state index in [2.05, 4.69) is 5.32 Å². The van der Waals surface area contributed by atoms with Crippen LogP contribution in [0.3, 0.4) is 0 Å². The van der Waals surface area contributed by atoms with Crippen molar-refractivity contribution in [2.45, 2.75) is 49.7 Å². The first-order chi connectivity index (χ1) is 13.2. The molecule has 0 amide bonds. The number of anilines is 1. The molecule has 6 nitrogen and oxygen atoms in total. The second-order valence-electron chi connectivity index (χ2n) is 6.90.